The van der Waals surface area contributed by atoms with Crippen LogP contribution >= 0.6 is 11.8 Å². The Morgan fingerprint density at radius 3 is 2.52 bits per heavy atom. The highest BCUT2D eigenvalue weighted by Gasteiger charge is 2.35. The molecule has 0 aromatic carbocycles. The van der Waals surface area contributed by atoms with Gasteiger partial charge in [0.15, 0.2) is 11.0 Å². The van der Waals surface area contributed by atoms with Crippen LogP contribution in [0, 0.1) is 0 Å². The van der Waals surface area contributed by atoms with Gasteiger partial charge in [-0.1, -0.05) is 31.0 Å². The first kappa shape index (κ1) is 17.8. The van der Waals surface area contributed by atoms with Gasteiger partial charge in [-0.15, -0.1) is 10.2 Å². The molecule has 1 saturated carbocycles. The lowest BCUT2D eigenvalue weighted by molar-refractivity contribution is 0.135. The van der Waals surface area contributed by atoms with Crippen LogP contribution in [0.3, 0.4) is 0 Å². The van der Waals surface area contributed by atoms with E-state index in [9.17, 15) is 0 Å². The van der Waals surface area contributed by atoms with Gasteiger partial charge in [0.05, 0.1) is 6.04 Å². The van der Waals surface area contributed by atoms with Crippen molar-refractivity contribution in [2.45, 2.75) is 75.0 Å². The summed E-state index contributed by atoms with van der Waals surface area (Å²) in [6, 6.07) is 1.28. The van der Waals surface area contributed by atoms with Crippen LogP contribution in [0.2, 0.25) is 0 Å². The first-order chi connectivity index (χ1) is 12.3. The van der Waals surface area contributed by atoms with Crippen molar-refractivity contribution in [3.05, 3.63) is 5.82 Å². The Hall–Kier alpha value is -0.590. The number of likely N-dealkylation sites (tertiary alicyclic amines) is 2. The van der Waals surface area contributed by atoms with E-state index in [-0.39, 0.29) is 0 Å². The highest BCUT2D eigenvalue weighted by atomic mass is 32.2. The predicted molar refractivity (Wildman–Crippen MR) is 103 cm³/mol. The second kappa shape index (κ2) is 8.40. The standard InChI is InChI=1S/C19H33N5S/c1-22-18(17-10-7-13-24(17)16-8-3-2-4-9-16)20-21-19(22)25-15-14-23-11-5-6-12-23/h16-17H,2-15H2,1H3. The average Bonchev–Trinajstić information content (AvgIpc) is 3.38. The molecule has 3 aliphatic rings. The van der Waals surface area contributed by atoms with E-state index in [1.807, 2.05) is 11.8 Å². The molecule has 2 saturated heterocycles. The lowest BCUT2D eigenvalue weighted by Crippen LogP contribution is -2.37. The minimum Gasteiger partial charge on any atom is -0.308 e. The first-order valence-corrected chi connectivity index (χ1v) is 11.3. The lowest BCUT2D eigenvalue weighted by Gasteiger charge is -2.35. The van der Waals surface area contributed by atoms with E-state index in [2.05, 4.69) is 31.6 Å². The number of nitrogens with zero attached hydrogens (tertiary/aromatic N) is 5. The number of hydrogen-bond donors (Lipinski definition) is 0. The number of aromatic nitrogens is 3. The topological polar surface area (TPSA) is 37.2 Å². The third kappa shape index (κ3) is 4.06. The van der Waals surface area contributed by atoms with Gasteiger partial charge in [-0.25, -0.2) is 0 Å². The van der Waals surface area contributed by atoms with E-state index in [1.54, 1.807) is 0 Å². The molecule has 1 atom stereocenters. The third-order valence-electron chi connectivity index (χ3n) is 6.34. The van der Waals surface area contributed by atoms with Crippen molar-refractivity contribution in [3.8, 4) is 0 Å². The van der Waals surface area contributed by atoms with Crippen LogP contribution in [-0.4, -0.2) is 62.5 Å². The van der Waals surface area contributed by atoms with E-state index >= 15 is 0 Å². The van der Waals surface area contributed by atoms with E-state index in [0.717, 1.165) is 17.0 Å². The molecule has 6 heteroatoms. The quantitative estimate of drug-likeness (QED) is 0.724. The molecule has 0 spiro atoms. The molecule has 5 nitrogen and oxygen atoms in total. The molecule has 0 bridgehead atoms. The van der Waals surface area contributed by atoms with Gasteiger partial charge < -0.3 is 9.47 Å². The Kier molecular flexibility index (Phi) is 5.98. The fraction of sp³-hybridized carbons (Fsp3) is 0.895. The van der Waals surface area contributed by atoms with Gasteiger partial charge in [-0.05, 0) is 58.2 Å². The van der Waals surface area contributed by atoms with Gasteiger partial charge in [0, 0.05) is 25.4 Å². The maximum atomic E-state index is 4.63. The van der Waals surface area contributed by atoms with Crippen LogP contribution in [0.4, 0.5) is 0 Å². The Bertz CT molecular complexity index is 548. The predicted octanol–water partition coefficient (Wildman–Crippen LogP) is 3.47. The summed E-state index contributed by atoms with van der Waals surface area (Å²) in [6.45, 7) is 5.00. The summed E-state index contributed by atoms with van der Waals surface area (Å²) < 4.78 is 2.28. The Morgan fingerprint density at radius 1 is 0.920 bits per heavy atom. The van der Waals surface area contributed by atoms with E-state index < -0.39 is 0 Å². The molecule has 0 radical (unpaired) electrons. The zero-order valence-electron chi connectivity index (χ0n) is 15.7. The molecule has 4 rings (SSSR count). The number of hydrogen-bond acceptors (Lipinski definition) is 5. The van der Waals surface area contributed by atoms with Crippen LogP contribution in [-0.2, 0) is 7.05 Å². The van der Waals surface area contributed by atoms with Crippen molar-refractivity contribution in [2.24, 2.45) is 7.05 Å². The summed E-state index contributed by atoms with van der Waals surface area (Å²) in [7, 11) is 2.17. The summed E-state index contributed by atoms with van der Waals surface area (Å²) in [4.78, 5) is 5.33. The van der Waals surface area contributed by atoms with Gasteiger partial charge in [0.1, 0.15) is 0 Å². The molecule has 1 aromatic heterocycles. The Morgan fingerprint density at radius 2 is 1.72 bits per heavy atom. The van der Waals surface area contributed by atoms with E-state index in [1.165, 1.54) is 89.8 Å². The van der Waals surface area contributed by atoms with Gasteiger partial charge in [0.25, 0.3) is 0 Å². The molecule has 1 aromatic rings. The molecule has 140 valence electrons. The van der Waals surface area contributed by atoms with Crippen molar-refractivity contribution in [3.63, 3.8) is 0 Å². The van der Waals surface area contributed by atoms with Gasteiger partial charge in [0.2, 0.25) is 0 Å². The first-order valence-electron chi connectivity index (χ1n) is 10.3. The Labute approximate surface area is 156 Å². The molecular formula is C19H33N5S. The molecule has 0 amide bonds. The summed E-state index contributed by atoms with van der Waals surface area (Å²) in [5, 5.41) is 10.3. The van der Waals surface area contributed by atoms with Crippen molar-refractivity contribution >= 4 is 11.8 Å². The maximum absolute atomic E-state index is 4.63. The second-order valence-corrected chi connectivity index (χ2v) is 9.05. The van der Waals surface area contributed by atoms with Crippen molar-refractivity contribution in [2.75, 3.05) is 31.9 Å². The van der Waals surface area contributed by atoms with Crippen LogP contribution in [0.1, 0.15) is 69.7 Å². The fourth-order valence-corrected chi connectivity index (χ4v) is 5.85. The Balaban J connectivity index is 1.37. The monoisotopic (exact) mass is 363 g/mol. The lowest BCUT2D eigenvalue weighted by atomic mass is 9.93. The zero-order valence-corrected chi connectivity index (χ0v) is 16.5. The fourth-order valence-electron chi connectivity index (χ4n) is 4.93. The maximum Gasteiger partial charge on any atom is 0.191 e. The summed E-state index contributed by atoms with van der Waals surface area (Å²) in [6.07, 6.45) is 12.3. The average molecular weight is 364 g/mol. The highest BCUT2D eigenvalue weighted by molar-refractivity contribution is 7.99. The summed E-state index contributed by atoms with van der Waals surface area (Å²) >= 11 is 1.88. The minimum atomic E-state index is 0.494. The molecule has 25 heavy (non-hydrogen) atoms. The largest absolute Gasteiger partial charge is 0.308 e. The molecule has 1 aliphatic carbocycles. The summed E-state index contributed by atoms with van der Waals surface area (Å²) in [5.74, 6) is 2.33. The zero-order chi connectivity index (χ0) is 17.1. The molecular weight excluding hydrogens is 330 g/mol. The normalized spacial score (nSPS) is 26.7. The smallest absolute Gasteiger partial charge is 0.191 e. The van der Waals surface area contributed by atoms with E-state index in [4.69, 9.17) is 0 Å². The van der Waals surface area contributed by atoms with Gasteiger partial charge in [-0.3, -0.25) is 4.90 Å². The van der Waals surface area contributed by atoms with Crippen molar-refractivity contribution < 1.29 is 0 Å². The summed E-state index contributed by atoms with van der Waals surface area (Å²) in [5.41, 5.74) is 0. The highest BCUT2D eigenvalue weighted by Crippen LogP contribution is 2.37. The van der Waals surface area contributed by atoms with Crippen LogP contribution in [0.25, 0.3) is 0 Å². The third-order valence-corrected chi connectivity index (χ3v) is 7.34. The second-order valence-electron chi connectivity index (χ2n) is 7.98. The SMILES string of the molecule is Cn1c(SCCN2CCCC2)nnc1C1CCCN1C1CCCCC1. The molecule has 2 aliphatic heterocycles. The van der Waals surface area contributed by atoms with Gasteiger partial charge in [-0.2, -0.15) is 0 Å². The van der Waals surface area contributed by atoms with Crippen LogP contribution < -0.4 is 0 Å². The molecule has 0 N–H and O–H groups in total. The molecule has 1 unspecified atom stereocenters. The number of rotatable bonds is 6. The number of thioether (sulfide) groups is 1. The minimum absolute atomic E-state index is 0.494. The van der Waals surface area contributed by atoms with Crippen LogP contribution in [0.15, 0.2) is 5.16 Å². The van der Waals surface area contributed by atoms with Gasteiger partial charge >= 0.3 is 0 Å². The van der Waals surface area contributed by atoms with Crippen molar-refractivity contribution in [1.82, 2.24) is 24.6 Å². The molecule has 3 heterocycles. The van der Waals surface area contributed by atoms with Crippen molar-refractivity contribution in [1.29, 1.82) is 0 Å². The van der Waals surface area contributed by atoms with Crippen LogP contribution in [0.5, 0.6) is 0 Å². The van der Waals surface area contributed by atoms with E-state index in [0.29, 0.717) is 6.04 Å². The molecule has 3 fully saturated rings.